The molecular formula is C32H31ClN4O2S. The van der Waals surface area contributed by atoms with Gasteiger partial charge in [-0.15, -0.1) is 11.8 Å². The molecule has 0 N–H and O–H groups in total. The van der Waals surface area contributed by atoms with Crippen LogP contribution in [-0.4, -0.2) is 51.9 Å². The van der Waals surface area contributed by atoms with Crippen molar-refractivity contribution in [1.29, 1.82) is 0 Å². The molecule has 40 heavy (non-hydrogen) atoms. The van der Waals surface area contributed by atoms with Crippen LogP contribution in [0.1, 0.15) is 40.3 Å². The molecule has 1 aromatic heterocycles. The first-order chi connectivity index (χ1) is 19.4. The van der Waals surface area contributed by atoms with E-state index in [-0.39, 0.29) is 29.4 Å². The number of hydrogen-bond donors (Lipinski definition) is 0. The molecule has 0 saturated carbocycles. The Morgan fingerprint density at radius 1 is 0.975 bits per heavy atom. The number of carbonyl (C=O) groups excluding carboxylic acids is 2. The van der Waals surface area contributed by atoms with Crippen molar-refractivity contribution in [2.75, 3.05) is 30.3 Å². The number of benzene rings is 3. The summed E-state index contributed by atoms with van der Waals surface area (Å²) in [5, 5.41) is 5.59. The Kier molecular flexibility index (Phi) is 7.43. The van der Waals surface area contributed by atoms with Crippen molar-refractivity contribution in [3.63, 3.8) is 0 Å². The summed E-state index contributed by atoms with van der Waals surface area (Å²) in [5.41, 5.74) is 6.62. The van der Waals surface area contributed by atoms with Gasteiger partial charge in [0.1, 0.15) is 12.4 Å². The van der Waals surface area contributed by atoms with E-state index in [9.17, 15) is 9.59 Å². The minimum Gasteiger partial charge on any atom is -0.341 e. The van der Waals surface area contributed by atoms with Crippen LogP contribution in [-0.2, 0) is 9.59 Å². The van der Waals surface area contributed by atoms with Gasteiger partial charge in [0.15, 0.2) is 0 Å². The zero-order chi connectivity index (χ0) is 27.8. The van der Waals surface area contributed by atoms with Gasteiger partial charge in [-0.2, -0.15) is 5.10 Å². The van der Waals surface area contributed by atoms with Crippen LogP contribution < -0.4 is 4.90 Å². The van der Waals surface area contributed by atoms with Gasteiger partial charge in [-0.1, -0.05) is 72.3 Å². The van der Waals surface area contributed by atoms with Crippen molar-refractivity contribution in [3.8, 4) is 16.9 Å². The molecule has 2 aliphatic rings. The molecule has 1 unspecified atom stereocenters. The number of nitrogens with zero attached hydrogens (tertiary/aromatic N) is 4. The second-order valence-corrected chi connectivity index (χ2v) is 11.9. The normalized spacial score (nSPS) is 17.2. The van der Waals surface area contributed by atoms with Crippen molar-refractivity contribution in [3.05, 3.63) is 100 Å². The number of aromatic nitrogens is 2. The van der Waals surface area contributed by atoms with Gasteiger partial charge >= 0.3 is 0 Å². The molecule has 6 nitrogen and oxygen atoms in total. The summed E-state index contributed by atoms with van der Waals surface area (Å²) in [7, 11) is 0. The topological polar surface area (TPSA) is 58.4 Å². The lowest BCUT2D eigenvalue weighted by atomic mass is 9.99. The quantitative estimate of drug-likeness (QED) is 0.271. The van der Waals surface area contributed by atoms with Gasteiger partial charge in [-0.25, -0.2) is 4.68 Å². The molecule has 1 saturated heterocycles. The monoisotopic (exact) mass is 570 g/mol. The van der Waals surface area contributed by atoms with Crippen LogP contribution in [0.3, 0.4) is 0 Å². The zero-order valence-electron chi connectivity index (χ0n) is 22.6. The van der Waals surface area contributed by atoms with E-state index in [4.69, 9.17) is 16.7 Å². The molecule has 0 spiro atoms. The van der Waals surface area contributed by atoms with Gasteiger partial charge in [-0.05, 0) is 55.5 Å². The minimum absolute atomic E-state index is 0.0214. The molecule has 1 atom stereocenters. The molecule has 204 valence electrons. The fraction of sp³-hybridized carbons (Fsp3) is 0.281. The van der Waals surface area contributed by atoms with E-state index >= 15 is 0 Å². The number of carbonyl (C=O) groups is 2. The predicted octanol–water partition coefficient (Wildman–Crippen LogP) is 6.60. The highest BCUT2D eigenvalue weighted by molar-refractivity contribution is 8.00. The van der Waals surface area contributed by atoms with E-state index in [1.807, 2.05) is 76.3 Å². The fourth-order valence-corrected chi connectivity index (χ4v) is 7.14. The summed E-state index contributed by atoms with van der Waals surface area (Å²) >= 11 is 8.32. The van der Waals surface area contributed by atoms with E-state index in [2.05, 4.69) is 19.9 Å². The lowest BCUT2D eigenvalue weighted by molar-refractivity contribution is -0.130. The Morgan fingerprint density at radius 2 is 1.70 bits per heavy atom. The number of rotatable bonds is 5. The Hall–Kier alpha value is -3.55. The number of likely N-dealkylation sites (tertiary alicyclic amines) is 1. The number of thioether (sulfide) groups is 1. The maximum Gasteiger partial charge on any atom is 0.242 e. The molecule has 1 fully saturated rings. The van der Waals surface area contributed by atoms with Crippen LogP contribution in [0.25, 0.3) is 16.9 Å². The van der Waals surface area contributed by atoms with Crippen molar-refractivity contribution < 1.29 is 9.59 Å². The smallest absolute Gasteiger partial charge is 0.242 e. The summed E-state index contributed by atoms with van der Waals surface area (Å²) in [6.45, 7) is 5.58. The van der Waals surface area contributed by atoms with Gasteiger partial charge in [0.25, 0.3) is 0 Å². The highest BCUT2D eigenvalue weighted by Gasteiger charge is 2.39. The van der Waals surface area contributed by atoms with E-state index in [0.29, 0.717) is 10.8 Å². The molecule has 0 radical (unpaired) electrons. The second-order valence-electron chi connectivity index (χ2n) is 10.4. The summed E-state index contributed by atoms with van der Waals surface area (Å²) in [6, 6.07) is 23.9. The second kappa shape index (κ2) is 11.1. The Morgan fingerprint density at radius 3 is 2.45 bits per heavy atom. The van der Waals surface area contributed by atoms with Crippen LogP contribution in [0.15, 0.2) is 72.8 Å². The van der Waals surface area contributed by atoms with E-state index in [1.165, 1.54) is 11.8 Å². The number of anilines is 1. The summed E-state index contributed by atoms with van der Waals surface area (Å²) in [5.74, 6) is 0.714. The van der Waals surface area contributed by atoms with Crippen molar-refractivity contribution >= 4 is 41.0 Å². The molecule has 2 amide bonds. The fourth-order valence-electron chi connectivity index (χ4n) is 5.60. The number of hydrogen-bond acceptors (Lipinski definition) is 4. The van der Waals surface area contributed by atoms with Crippen LogP contribution in [0.5, 0.6) is 0 Å². The van der Waals surface area contributed by atoms with Crippen molar-refractivity contribution in [1.82, 2.24) is 14.7 Å². The average molecular weight is 571 g/mol. The standard InChI is InChI=1S/C32H31ClN4O2S/c1-21-11-10-16-26(22(21)2)37-32-29(30(34-37)23-12-4-3-5-13-23)31(24-14-6-7-15-25(24)33)40-20-28(39)36(32)19-27(38)35-17-8-9-18-35/h3-7,10-16,31H,8-9,17-20H2,1-2H3. The van der Waals surface area contributed by atoms with E-state index in [1.54, 1.807) is 4.90 Å². The third-order valence-corrected chi connectivity index (χ3v) is 9.46. The SMILES string of the molecule is Cc1cccc(-n2nc(-c3ccccc3)c3c2N(CC(=O)N2CCCC2)C(=O)CSC3c2ccccc2Cl)c1C. The molecule has 6 rings (SSSR count). The van der Waals surface area contributed by atoms with Gasteiger partial charge in [-0.3, -0.25) is 14.5 Å². The third kappa shape index (κ3) is 4.82. The van der Waals surface area contributed by atoms with Crippen LogP contribution in [0.4, 0.5) is 5.82 Å². The first-order valence-electron chi connectivity index (χ1n) is 13.6. The average Bonchev–Trinajstić information content (AvgIpc) is 3.61. The van der Waals surface area contributed by atoms with E-state index < -0.39 is 0 Å². The zero-order valence-corrected chi connectivity index (χ0v) is 24.2. The Balaban J connectivity index is 1.64. The first kappa shape index (κ1) is 26.7. The molecule has 8 heteroatoms. The lowest BCUT2D eigenvalue weighted by Crippen LogP contribution is -2.43. The number of halogens is 1. The van der Waals surface area contributed by atoms with Crippen LogP contribution >= 0.6 is 23.4 Å². The summed E-state index contributed by atoms with van der Waals surface area (Å²) < 4.78 is 1.88. The van der Waals surface area contributed by atoms with Crippen LogP contribution in [0, 0.1) is 13.8 Å². The number of fused-ring (bicyclic) bond motifs is 1. The molecular weight excluding hydrogens is 540 g/mol. The number of amides is 2. The number of aryl methyl sites for hydroxylation is 1. The van der Waals surface area contributed by atoms with Crippen LogP contribution in [0.2, 0.25) is 5.02 Å². The van der Waals surface area contributed by atoms with Gasteiger partial charge in [0.05, 0.1) is 22.4 Å². The van der Waals surface area contributed by atoms with Gasteiger partial charge in [0.2, 0.25) is 11.8 Å². The van der Waals surface area contributed by atoms with Crippen molar-refractivity contribution in [2.24, 2.45) is 0 Å². The molecule has 3 aromatic carbocycles. The Labute approximate surface area is 243 Å². The van der Waals surface area contributed by atoms with E-state index in [0.717, 1.165) is 65.1 Å². The summed E-state index contributed by atoms with van der Waals surface area (Å²) in [6.07, 6.45) is 1.99. The maximum atomic E-state index is 13.9. The highest BCUT2D eigenvalue weighted by Crippen LogP contribution is 2.50. The van der Waals surface area contributed by atoms with Crippen molar-refractivity contribution in [2.45, 2.75) is 31.9 Å². The maximum absolute atomic E-state index is 13.9. The largest absolute Gasteiger partial charge is 0.341 e. The third-order valence-electron chi connectivity index (χ3n) is 7.88. The van der Waals surface area contributed by atoms with Gasteiger partial charge in [0, 0.05) is 29.2 Å². The minimum atomic E-state index is -0.256. The Bertz CT molecular complexity index is 1580. The predicted molar refractivity (Wildman–Crippen MR) is 162 cm³/mol. The highest BCUT2D eigenvalue weighted by atomic mass is 35.5. The summed E-state index contributed by atoms with van der Waals surface area (Å²) in [4.78, 5) is 31.0. The molecule has 0 bridgehead atoms. The molecule has 0 aliphatic carbocycles. The molecule has 3 heterocycles. The first-order valence-corrected chi connectivity index (χ1v) is 15.1. The van der Waals surface area contributed by atoms with Gasteiger partial charge < -0.3 is 4.90 Å². The molecule has 4 aromatic rings. The lowest BCUT2D eigenvalue weighted by Gasteiger charge is -2.26. The molecule has 2 aliphatic heterocycles.